The molecule has 0 aliphatic carbocycles. The number of ether oxygens (including phenoxy) is 1. The fourth-order valence-electron chi connectivity index (χ4n) is 7.89. The van der Waals surface area contributed by atoms with Crippen molar-refractivity contribution in [1.29, 1.82) is 0 Å². The molecule has 0 saturated heterocycles. The highest BCUT2D eigenvalue weighted by molar-refractivity contribution is 7.57. The molecule has 1 aliphatic heterocycles. The number of fused-ring (bicyclic) bond motifs is 3. The second-order valence-corrected chi connectivity index (χ2v) is 21.3. The lowest BCUT2D eigenvalue weighted by Gasteiger charge is -2.35. The lowest BCUT2D eigenvalue weighted by Crippen LogP contribution is -2.24. The first kappa shape index (κ1) is 46.8. The van der Waals surface area contributed by atoms with Crippen LogP contribution in [-0.4, -0.2) is 12.6 Å². The number of esters is 1. The molecule has 4 nitrogen and oxygen atoms in total. The minimum absolute atomic E-state index is 0.00516. The molecule has 0 aromatic heterocycles. The third kappa shape index (κ3) is 14.4. The summed E-state index contributed by atoms with van der Waals surface area (Å²) in [6.45, 7) is 25.3. The number of carbonyl (C=O) groups is 1. The number of rotatable bonds is 22. The van der Waals surface area contributed by atoms with E-state index >= 15 is 0 Å². The molecule has 5 heteroatoms. The van der Waals surface area contributed by atoms with Crippen LogP contribution in [0.15, 0.2) is 48.5 Å². The summed E-state index contributed by atoms with van der Waals surface area (Å²) in [4.78, 5) is 12.8. The van der Waals surface area contributed by atoms with Gasteiger partial charge in [-0.05, 0) is 70.4 Å². The Kier molecular flexibility index (Phi) is 18.0. The maximum absolute atomic E-state index is 12.8. The van der Waals surface area contributed by atoms with Crippen molar-refractivity contribution in [2.45, 2.75) is 208 Å². The van der Waals surface area contributed by atoms with Crippen LogP contribution in [0.3, 0.4) is 0 Å². The first-order valence-corrected chi connectivity index (χ1v) is 23.9. The van der Waals surface area contributed by atoms with E-state index in [9.17, 15) is 4.79 Å². The predicted octanol–water partition coefficient (Wildman–Crippen LogP) is 15.7. The molecule has 1 aliphatic rings. The smallest absolute Gasteiger partial charge is 0.326 e. The highest BCUT2D eigenvalue weighted by Gasteiger charge is 2.36. The van der Waals surface area contributed by atoms with E-state index in [-0.39, 0.29) is 22.2 Å². The molecule has 316 valence electrons. The molecule has 0 amide bonds. The zero-order valence-electron chi connectivity index (χ0n) is 38.1. The van der Waals surface area contributed by atoms with Gasteiger partial charge < -0.3 is 13.8 Å². The van der Waals surface area contributed by atoms with Gasteiger partial charge in [-0.1, -0.05) is 202 Å². The molecule has 1 atom stereocenters. The zero-order chi connectivity index (χ0) is 41.6. The van der Waals surface area contributed by atoms with Crippen molar-refractivity contribution in [3.05, 3.63) is 76.3 Å². The van der Waals surface area contributed by atoms with Crippen molar-refractivity contribution in [3.8, 4) is 22.6 Å². The molecule has 1 unspecified atom stereocenters. The summed E-state index contributed by atoms with van der Waals surface area (Å²) in [6, 6.07) is 17.7. The molecule has 4 rings (SSSR count). The van der Waals surface area contributed by atoms with Crippen molar-refractivity contribution in [2.75, 3.05) is 6.61 Å². The Morgan fingerprint density at radius 1 is 0.632 bits per heavy atom. The lowest BCUT2D eigenvalue weighted by molar-refractivity contribution is -0.143. The van der Waals surface area contributed by atoms with E-state index in [0.29, 0.717) is 19.4 Å². The topological polar surface area (TPSA) is 44.8 Å². The predicted molar refractivity (Wildman–Crippen MR) is 246 cm³/mol. The summed E-state index contributed by atoms with van der Waals surface area (Å²) in [5.74, 6) is 1.71. The number of hydrogen-bond acceptors (Lipinski definition) is 4. The minimum atomic E-state index is -1.45. The monoisotopic (exact) mass is 799 g/mol. The van der Waals surface area contributed by atoms with Crippen LogP contribution in [0, 0.1) is 6.92 Å². The molecule has 0 saturated carbocycles. The number of hydrogen-bond donors (Lipinski definition) is 0. The third-order valence-corrected chi connectivity index (χ3v) is 13.0. The van der Waals surface area contributed by atoms with Gasteiger partial charge in [-0.25, -0.2) is 0 Å². The Morgan fingerprint density at radius 3 is 1.72 bits per heavy atom. The third-order valence-electron chi connectivity index (χ3n) is 11.5. The van der Waals surface area contributed by atoms with Gasteiger partial charge in [0.2, 0.25) is 0 Å². The SMILES string of the molecule is CCCCCCCCCCCCCCCCCCOC(=O)CCc1cc(C)c(OP2Oc3c(cc(C(C)(C)C)cc3C(C)(C)C)-c3ccccc32)c(C(C)(C)C)c1. The highest BCUT2D eigenvalue weighted by atomic mass is 31.2. The molecule has 3 aromatic carbocycles. The lowest BCUT2D eigenvalue weighted by atomic mass is 9.78. The fraction of sp³-hybridized carbons (Fsp3) is 0.635. The molecule has 1 heterocycles. The molecule has 0 radical (unpaired) electrons. The van der Waals surface area contributed by atoms with Gasteiger partial charge in [0.05, 0.1) is 11.9 Å². The van der Waals surface area contributed by atoms with Gasteiger partial charge in [0.25, 0.3) is 0 Å². The average Bonchev–Trinajstić information content (AvgIpc) is 3.14. The molecular formula is C52H79O4P. The summed E-state index contributed by atoms with van der Waals surface area (Å²) in [6.07, 6.45) is 22.4. The molecule has 0 N–H and O–H groups in total. The maximum atomic E-state index is 12.8. The molecule has 0 fully saturated rings. The van der Waals surface area contributed by atoms with Crippen LogP contribution < -0.4 is 14.4 Å². The second kappa shape index (κ2) is 22.0. The van der Waals surface area contributed by atoms with Gasteiger partial charge in [-0.15, -0.1) is 0 Å². The molecule has 3 aromatic rings. The Bertz CT molecular complexity index is 1700. The van der Waals surface area contributed by atoms with Crippen LogP contribution in [0.5, 0.6) is 11.5 Å². The zero-order valence-corrected chi connectivity index (χ0v) is 39.0. The van der Waals surface area contributed by atoms with E-state index in [1.807, 2.05) is 0 Å². The van der Waals surface area contributed by atoms with Gasteiger partial charge in [0.1, 0.15) is 11.5 Å². The van der Waals surface area contributed by atoms with Crippen LogP contribution in [0.1, 0.15) is 206 Å². The van der Waals surface area contributed by atoms with Crippen LogP contribution >= 0.6 is 8.38 Å². The molecular weight excluding hydrogens is 720 g/mol. The fourth-order valence-corrected chi connectivity index (χ4v) is 9.49. The van der Waals surface area contributed by atoms with Crippen LogP contribution in [0.25, 0.3) is 11.1 Å². The van der Waals surface area contributed by atoms with Gasteiger partial charge in [-0.2, -0.15) is 0 Å². The van der Waals surface area contributed by atoms with Crippen molar-refractivity contribution in [2.24, 2.45) is 0 Å². The summed E-state index contributed by atoms with van der Waals surface area (Å²) < 4.78 is 19.8. The first-order chi connectivity index (χ1) is 27.0. The Hall–Kier alpha value is -2.84. The van der Waals surface area contributed by atoms with E-state index in [0.717, 1.165) is 51.9 Å². The Morgan fingerprint density at radius 2 is 1.18 bits per heavy atom. The summed E-state index contributed by atoms with van der Waals surface area (Å²) in [5.41, 5.74) is 7.90. The largest absolute Gasteiger partial charge is 0.466 e. The highest BCUT2D eigenvalue weighted by Crippen LogP contribution is 2.55. The molecule has 57 heavy (non-hydrogen) atoms. The maximum Gasteiger partial charge on any atom is 0.326 e. The van der Waals surface area contributed by atoms with Crippen molar-refractivity contribution >= 4 is 19.6 Å². The number of aryl methyl sites for hydroxylation is 2. The van der Waals surface area contributed by atoms with E-state index in [4.69, 9.17) is 13.8 Å². The van der Waals surface area contributed by atoms with E-state index in [1.54, 1.807) is 0 Å². The van der Waals surface area contributed by atoms with Crippen molar-refractivity contribution in [1.82, 2.24) is 0 Å². The van der Waals surface area contributed by atoms with Crippen LogP contribution in [0.4, 0.5) is 0 Å². The Labute approximate surface area is 350 Å². The van der Waals surface area contributed by atoms with Gasteiger partial charge in [0.15, 0.2) is 0 Å². The van der Waals surface area contributed by atoms with Crippen LogP contribution in [-0.2, 0) is 32.2 Å². The standard InChI is InChI=1S/C52H79O4P/c1-12-13-14-15-16-17-18-19-20-21-22-23-24-25-26-29-34-54-47(53)33-32-40-35-39(2)48(44(36-40)51(6,7)8)55-57-46-31-28-27-30-42(46)43-37-41(50(3,4)5)38-45(49(43)56-57)52(9,10)11/h27-28,30-31,35-38H,12-26,29,32-34H2,1-11H3. The number of unbranched alkanes of at least 4 members (excludes halogenated alkanes) is 15. The normalized spacial score (nSPS) is 14.2. The number of carbonyl (C=O) groups excluding carboxylic acids is 1. The van der Waals surface area contributed by atoms with E-state index in [1.165, 1.54) is 107 Å². The molecule has 0 spiro atoms. The van der Waals surface area contributed by atoms with Crippen LogP contribution in [0.2, 0.25) is 0 Å². The first-order valence-electron chi connectivity index (χ1n) is 22.7. The summed E-state index contributed by atoms with van der Waals surface area (Å²) in [7, 11) is -1.45. The average molecular weight is 799 g/mol. The summed E-state index contributed by atoms with van der Waals surface area (Å²) in [5, 5.41) is 1.10. The van der Waals surface area contributed by atoms with E-state index < -0.39 is 8.38 Å². The Balaban J connectivity index is 1.28. The summed E-state index contributed by atoms with van der Waals surface area (Å²) >= 11 is 0. The van der Waals surface area contributed by atoms with Gasteiger partial charge in [0, 0.05) is 23.1 Å². The van der Waals surface area contributed by atoms with Gasteiger partial charge in [-0.3, -0.25) is 4.79 Å². The van der Waals surface area contributed by atoms with Crippen molar-refractivity contribution < 1.29 is 18.6 Å². The molecule has 0 bridgehead atoms. The quantitative estimate of drug-likeness (QED) is 0.0577. The number of benzene rings is 3. The van der Waals surface area contributed by atoms with Gasteiger partial charge >= 0.3 is 14.3 Å². The minimum Gasteiger partial charge on any atom is -0.466 e. The van der Waals surface area contributed by atoms with E-state index in [2.05, 4.69) is 125 Å². The van der Waals surface area contributed by atoms with Crippen molar-refractivity contribution in [3.63, 3.8) is 0 Å². The second-order valence-electron chi connectivity index (χ2n) is 19.9.